The minimum absolute atomic E-state index is 0.0180. The highest BCUT2D eigenvalue weighted by atomic mass is 16.7. The molecule has 1 fully saturated rings. The molecular weight excluding hydrogens is 364 g/mol. The smallest absolute Gasteiger partial charge is 0.236 e. The van der Waals surface area contributed by atoms with Gasteiger partial charge >= 0.3 is 0 Å². The quantitative estimate of drug-likeness (QED) is 0.702. The third-order valence-corrected chi connectivity index (χ3v) is 5.88. The predicted molar refractivity (Wildman–Crippen MR) is 111 cm³/mol. The Labute approximate surface area is 169 Å². The van der Waals surface area contributed by atoms with Crippen LogP contribution in [0.5, 0.6) is 11.5 Å². The summed E-state index contributed by atoms with van der Waals surface area (Å²) in [7, 11) is 0. The summed E-state index contributed by atoms with van der Waals surface area (Å²) in [5.41, 5.74) is 4.80. The molecule has 0 spiro atoms. The summed E-state index contributed by atoms with van der Waals surface area (Å²) < 4.78 is 10.9. The summed E-state index contributed by atoms with van der Waals surface area (Å²) in [5.74, 6) is 2.03. The molecule has 5 heteroatoms. The molecule has 2 heterocycles. The van der Waals surface area contributed by atoms with Crippen LogP contribution in [0.4, 0.5) is 5.82 Å². The van der Waals surface area contributed by atoms with Crippen LogP contribution in [-0.4, -0.2) is 17.7 Å². The Balaban J connectivity index is 1.39. The van der Waals surface area contributed by atoms with Gasteiger partial charge in [-0.2, -0.15) is 0 Å². The van der Waals surface area contributed by atoms with Gasteiger partial charge in [-0.3, -0.25) is 4.79 Å². The van der Waals surface area contributed by atoms with E-state index in [1.807, 2.05) is 43.5 Å². The molecule has 1 aliphatic carbocycles. The molecule has 1 aliphatic heterocycles. The van der Waals surface area contributed by atoms with Gasteiger partial charge < -0.3 is 14.8 Å². The number of rotatable bonds is 4. The number of carbonyl (C=O) groups is 1. The maximum atomic E-state index is 13.1. The fourth-order valence-corrected chi connectivity index (χ4v) is 3.94. The van der Waals surface area contributed by atoms with E-state index in [9.17, 15) is 4.79 Å². The first-order valence-corrected chi connectivity index (χ1v) is 9.81. The topological polar surface area (TPSA) is 60.5 Å². The minimum Gasteiger partial charge on any atom is -0.454 e. The van der Waals surface area contributed by atoms with E-state index < -0.39 is 5.41 Å². The number of anilines is 1. The van der Waals surface area contributed by atoms with Crippen LogP contribution in [-0.2, 0) is 10.2 Å². The molecule has 29 heavy (non-hydrogen) atoms. The first kappa shape index (κ1) is 17.7. The van der Waals surface area contributed by atoms with Gasteiger partial charge in [0.25, 0.3) is 0 Å². The van der Waals surface area contributed by atoms with Crippen molar-refractivity contribution in [1.82, 2.24) is 4.98 Å². The largest absolute Gasteiger partial charge is 0.454 e. The SMILES string of the molecule is Cc1ccccc1-c1cnc(NC(=O)C2(c3ccc4c(c3)OCO4)CC2)c(C)c1. The number of amides is 1. The van der Waals surface area contributed by atoms with Crippen LogP contribution in [0.1, 0.15) is 29.5 Å². The molecule has 0 bridgehead atoms. The Morgan fingerprint density at radius 3 is 2.55 bits per heavy atom. The van der Waals surface area contributed by atoms with E-state index in [4.69, 9.17) is 9.47 Å². The van der Waals surface area contributed by atoms with E-state index in [2.05, 4.69) is 35.4 Å². The average molecular weight is 386 g/mol. The summed E-state index contributed by atoms with van der Waals surface area (Å²) in [5, 5.41) is 3.05. The van der Waals surface area contributed by atoms with Crippen LogP contribution >= 0.6 is 0 Å². The normalized spacial score (nSPS) is 15.8. The second-order valence-electron chi connectivity index (χ2n) is 7.81. The van der Waals surface area contributed by atoms with Crippen LogP contribution in [0.25, 0.3) is 11.1 Å². The number of carbonyl (C=O) groups excluding carboxylic acids is 1. The average Bonchev–Trinajstić information content (AvgIpc) is 3.41. The van der Waals surface area contributed by atoms with Crippen LogP contribution in [0, 0.1) is 13.8 Å². The number of ether oxygens (including phenoxy) is 2. The van der Waals surface area contributed by atoms with Gasteiger partial charge in [0.2, 0.25) is 12.7 Å². The van der Waals surface area contributed by atoms with Gasteiger partial charge in [0.15, 0.2) is 11.5 Å². The molecule has 0 saturated heterocycles. The van der Waals surface area contributed by atoms with Crippen molar-refractivity contribution in [1.29, 1.82) is 0 Å². The Bertz CT molecular complexity index is 1120. The minimum atomic E-state index is -0.510. The maximum absolute atomic E-state index is 13.1. The van der Waals surface area contributed by atoms with E-state index in [1.165, 1.54) is 5.56 Å². The Kier molecular flexibility index (Phi) is 4.05. The molecule has 3 aromatic rings. The molecule has 0 atom stereocenters. The number of hydrogen-bond donors (Lipinski definition) is 1. The molecule has 1 N–H and O–H groups in total. The van der Waals surface area contributed by atoms with Gasteiger partial charge in [0.1, 0.15) is 5.82 Å². The van der Waals surface area contributed by atoms with Crippen molar-refractivity contribution < 1.29 is 14.3 Å². The molecule has 2 aliphatic rings. The van der Waals surface area contributed by atoms with Crippen molar-refractivity contribution >= 4 is 11.7 Å². The fraction of sp³-hybridized carbons (Fsp3) is 0.250. The molecule has 2 aromatic carbocycles. The lowest BCUT2D eigenvalue weighted by molar-refractivity contribution is -0.118. The lowest BCUT2D eigenvalue weighted by Gasteiger charge is -2.17. The Morgan fingerprint density at radius 1 is 1.00 bits per heavy atom. The van der Waals surface area contributed by atoms with Crippen LogP contribution in [0.3, 0.4) is 0 Å². The highest BCUT2D eigenvalue weighted by Crippen LogP contribution is 2.51. The summed E-state index contributed by atoms with van der Waals surface area (Å²) >= 11 is 0. The molecule has 5 rings (SSSR count). The van der Waals surface area contributed by atoms with E-state index in [1.54, 1.807) is 0 Å². The molecule has 0 radical (unpaired) electrons. The van der Waals surface area contributed by atoms with Gasteiger partial charge in [-0.05, 0) is 67.1 Å². The Hall–Kier alpha value is -3.34. The number of benzene rings is 2. The van der Waals surface area contributed by atoms with Crippen molar-refractivity contribution in [3.05, 3.63) is 71.4 Å². The van der Waals surface area contributed by atoms with E-state index in [0.717, 1.165) is 40.8 Å². The summed E-state index contributed by atoms with van der Waals surface area (Å²) in [6.45, 7) is 4.29. The number of aromatic nitrogens is 1. The van der Waals surface area contributed by atoms with Crippen LogP contribution in [0.15, 0.2) is 54.7 Å². The van der Waals surface area contributed by atoms with Crippen molar-refractivity contribution in [2.75, 3.05) is 12.1 Å². The third kappa shape index (κ3) is 3.03. The van der Waals surface area contributed by atoms with Crippen molar-refractivity contribution in [3.8, 4) is 22.6 Å². The zero-order chi connectivity index (χ0) is 20.0. The van der Waals surface area contributed by atoms with E-state index in [-0.39, 0.29) is 12.7 Å². The molecule has 1 saturated carbocycles. The van der Waals surface area contributed by atoms with Gasteiger partial charge in [-0.25, -0.2) is 4.98 Å². The predicted octanol–water partition coefficient (Wildman–Crippen LogP) is 4.76. The molecule has 5 nitrogen and oxygen atoms in total. The second-order valence-corrected chi connectivity index (χ2v) is 7.81. The maximum Gasteiger partial charge on any atom is 0.236 e. The van der Waals surface area contributed by atoms with Crippen molar-refractivity contribution in [2.45, 2.75) is 32.1 Å². The summed E-state index contributed by atoms with van der Waals surface area (Å²) in [6.07, 6.45) is 3.46. The van der Waals surface area contributed by atoms with Crippen LogP contribution in [0.2, 0.25) is 0 Å². The molecule has 146 valence electrons. The first-order chi connectivity index (χ1) is 14.1. The van der Waals surface area contributed by atoms with Gasteiger partial charge in [0, 0.05) is 11.8 Å². The number of aryl methyl sites for hydroxylation is 2. The number of nitrogens with one attached hydrogen (secondary N) is 1. The highest BCUT2D eigenvalue weighted by Gasteiger charge is 2.51. The summed E-state index contributed by atoms with van der Waals surface area (Å²) in [4.78, 5) is 17.7. The van der Waals surface area contributed by atoms with Crippen molar-refractivity contribution in [2.24, 2.45) is 0 Å². The lowest BCUT2D eigenvalue weighted by atomic mass is 9.94. The van der Waals surface area contributed by atoms with Gasteiger partial charge in [-0.1, -0.05) is 30.3 Å². The zero-order valence-electron chi connectivity index (χ0n) is 16.5. The monoisotopic (exact) mass is 386 g/mol. The number of pyridine rings is 1. The number of nitrogens with zero attached hydrogens (tertiary/aromatic N) is 1. The first-order valence-electron chi connectivity index (χ1n) is 9.81. The number of hydrogen-bond acceptors (Lipinski definition) is 4. The molecule has 0 unspecified atom stereocenters. The van der Waals surface area contributed by atoms with Gasteiger partial charge in [0.05, 0.1) is 5.41 Å². The lowest BCUT2D eigenvalue weighted by Crippen LogP contribution is -2.28. The van der Waals surface area contributed by atoms with E-state index in [0.29, 0.717) is 11.6 Å². The van der Waals surface area contributed by atoms with Crippen molar-refractivity contribution in [3.63, 3.8) is 0 Å². The molecular formula is C24H22N2O3. The van der Waals surface area contributed by atoms with E-state index >= 15 is 0 Å². The number of fused-ring (bicyclic) bond motifs is 1. The second kappa shape index (κ2) is 6.62. The molecule has 1 amide bonds. The van der Waals surface area contributed by atoms with Gasteiger partial charge in [-0.15, -0.1) is 0 Å². The fourth-order valence-electron chi connectivity index (χ4n) is 3.94. The third-order valence-electron chi connectivity index (χ3n) is 5.88. The van der Waals surface area contributed by atoms with Crippen LogP contribution < -0.4 is 14.8 Å². The summed E-state index contributed by atoms with van der Waals surface area (Å²) in [6, 6.07) is 16.1. The Morgan fingerprint density at radius 2 is 1.79 bits per heavy atom. The molecule has 1 aromatic heterocycles. The highest BCUT2D eigenvalue weighted by molar-refractivity contribution is 6.01. The standard InChI is InChI=1S/C24H22N2O3/c1-15-5-3-4-6-19(15)17-11-16(2)22(25-13-17)26-23(27)24(9-10-24)18-7-8-20-21(12-18)29-14-28-20/h3-8,11-13H,9-10,14H2,1-2H3,(H,25,26,27). The zero-order valence-corrected chi connectivity index (χ0v) is 16.5.